The van der Waals surface area contributed by atoms with Crippen molar-refractivity contribution in [2.75, 3.05) is 46.2 Å². The van der Waals surface area contributed by atoms with Crippen LogP contribution in [0.4, 0.5) is 0 Å². The van der Waals surface area contributed by atoms with Gasteiger partial charge in [-0.2, -0.15) is 11.8 Å². The monoisotopic (exact) mass is 381 g/mol. The first-order valence-corrected chi connectivity index (χ1v) is 9.95. The maximum Gasteiger partial charge on any atom is 0.194 e. The van der Waals surface area contributed by atoms with Crippen LogP contribution in [0.2, 0.25) is 0 Å². The van der Waals surface area contributed by atoms with Crippen LogP contribution in [0, 0.1) is 0 Å². The third-order valence-electron chi connectivity index (χ3n) is 4.23. The largest absolute Gasteiger partial charge is 0.497 e. The Balaban J connectivity index is 2.13. The Kier molecular flexibility index (Phi) is 7.46. The van der Waals surface area contributed by atoms with Crippen LogP contribution >= 0.6 is 11.8 Å². The smallest absolute Gasteiger partial charge is 0.194 e. The van der Waals surface area contributed by atoms with E-state index in [1.165, 1.54) is 0 Å². The third kappa shape index (κ3) is 5.71. The summed E-state index contributed by atoms with van der Waals surface area (Å²) in [4.78, 5) is 6.96. The average molecular weight is 382 g/mol. The molecule has 1 aliphatic rings. The van der Waals surface area contributed by atoms with Gasteiger partial charge < -0.3 is 24.8 Å². The summed E-state index contributed by atoms with van der Waals surface area (Å²) < 4.78 is 10.8. The topological polar surface area (TPSA) is 66.3 Å². The first-order chi connectivity index (χ1) is 12.4. The third-order valence-corrected chi connectivity index (χ3v) is 5.53. The zero-order valence-corrected chi connectivity index (χ0v) is 17.2. The van der Waals surface area contributed by atoms with E-state index >= 15 is 0 Å². The predicted molar refractivity (Wildman–Crippen MR) is 109 cm³/mol. The maximum absolute atomic E-state index is 10.6. The highest BCUT2D eigenvalue weighted by atomic mass is 32.2. The summed E-state index contributed by atoms with van der Waals surface area (Å²) in [6, 6.07) is 5.42. The standard InChI is InChI=1S/C19H31N3O3S/c1-6-20-18(22-7-8-26-19(2,3)13-22)21-12-17(23)14-9-15(24-4)11-16(10-14)25-5/h9-11,17,23H,6-8,12-13H2,1-5H3,(H,20,21). The zero-order valence-electron chi connectivity index (χ0n) is 16.4. The maximum atomic E-state index is 10.6. The lowest BCUT2D eigenvalue weighted by atomic mass is 10.1. The fourth-order valence-electron chi connectivity index (χ4n) is 2.92. The van der Waals surface area contributed by atoms with Gasteiger partial charge in [-0.1, -0.05) is 0 Å². The molecule has 0 bridgehead atoms. The molecule has 26 heavy (non-hydrogen) atoms. The molecule has 1 aromatic carbocycles. The second kappa shape index (κ2) is 9.37. The molecule has 7 heteroatoms. The number of aliphatic hydroxyl groups is 1. The molecule has 1 unspecified atom stereocenters. The lowest BCUT2D eigenvalue weighted by Crippen LogP contribution is -2.51. The number of rotatable bonds is 6. The molecule has 0 aliphatic carbocycles. The molecular weight excluding hydrogens is 350 g/mol. The minimum atomic E-state index is -0.722. The van der Waals surface area contributed by atoms with Gasteiger partial charge in [0.2, 0.25) is 0 Å². The van der Waals surface area contributed by atoms with Crippen molar-refractivity contribution < 1.29 is 14.6 Å². The molecule has 1 fully saturated rings. The Morgan fingerprint density at radius 3 is 2.50 bits per heavy atom. The van der Waals surface area contributed by atoms with Crippen LogP contribution < -0.4 is 14.8 Å². The summed E-state index contributed by atoms with van der Waals surface area (Å²) in [5, 5.41) is 14.0. The number of methoxy groups -OCH3 is 2. The summed E-state index contributed by atoms with van der Waals surface area (Å²) in [6.07, 6.45) is -0.722. The molecule has 0 saturated carbocycles. The summed E-state index contributed by atoms with van der Waals surface area (Å²) in [5.74, 6) is 3.25. The van der Waals surface area contributed by atoms with Gasteiger partial charge in [-0.15, -0.1) is 0 Å². The minimum absolute atomic E-state index is 0.202. The van der Waals surface area contributed by atoms with Gasteiger partial charge in [0.25, 0.3) is 0 Å². The molecule has 2 N–H and O–H groups in total. The fourth-order valence-corrected chi connectivity index (χ4v) is 4.03. The molecule has 0 radical (unpaired) electrons. The number of nitrogens with one attached hydrogen (secondary N) is 1. The molecule has 1 aliphatic heterocycles. The van der Waals surface area contributed by atoms with E-state index in [2.05, 4.69) is 36.0 Å². The number of guanidine groups is 1. The summed E-state index contributed by atoms with van der Waals surface area (Å²) in [7, 11) is 3.20. The number of aliphatic imine (C=N–C) groups is 1. The molecular formula is C19H31N3O3S. The molecule has 1 heterocycles. The Morgan fingerprint density at radius 2 is 1.96 bits per heavy atom. The predicted octanol–water partition coefficient (Wildman–Crippen LogP) is 2.53. The Bertz CT molecular complexity index is 600. The van der Waals surface area contributed by atoms with Crippen molar-refractivity contribution in [2.24, 2.45) is 4.99 Å². The van der Waals surface area contributed by atoms with Gasteiger partial charge >= 0.3 is 0 Å². The number of nitrogens with zero attached hydrogens (tertiary/aromatic N) is 2. The fraction of sp³-hybridized carbons (Fsp3) is 0.632. The molecule has 1 atom stereocenters. The molecule has 6 nitrogen and oxygen atoms in total. The number of hydrogen-bond acceptors (Lipinski definition) is 5. The van der Waals surface area contributed by atoms with Crippen molar-refractivity contribution in [1.29, 1.82) is 0 Å². The van der Waals surface area contributed by atoms with Crippen molar-refractivity contribution in [3.05, 3.63) is 23.8 Å². The SMILES string of the molecule is CCNC(=NCC(O)c1cc(OC)cc(OC)c1)N1CCSC(C)(C)C1. The first-order valence-electron chi connectivity index (χ1n) is 8.96. The Morgan fingerprint density at radius 1 is 1.31 bits per heavy atom. The van der Waals surface area contributed by atoms with Crippen LogP contribution in [-0.4, -0.2) is 66.9 Å². The lowest BCUT2D eigenvalue weighted by Gasteiger charge is -2.39. The van der Waals surface area contributed by atoms with Crippen LogP contribution in [-0.2, 0) is 0 Å². The number of benzene rings is 1. The van der Waals surface area contributed by atoms with Gasteiger partial charge in [-0.25, -0.2) is 0 Å². The number of ether oxygens (including phenoxy) is 2. The van der Waals surface area contributed by atoms with E-state index < -0.39 is 6.10 Å². The average Bonchev–Trinajstić information content (AvgIpc) is 2.63. The molecule has 1 saturated heterocycles. The lowest BCUT2D eigenvalue weighted by molar-refractivity contribution is 0.185. The van der Waals surface area contributed by atoms with E-state index in [0.29, 0.717) is 11.5 Å². The Labute approximate surface area is 161 Å². The van der Waals surface area contributed by atoms with Crippen LogP contribution in [0.25, 0.3) is 0 Å². The normalized spacial score (nSPS) is 18.4. The zero-order chi connectivity index (χ0) is 19.2. The van der Waals surface area contributed by atoms with Crippen LogP contribution in [0.5, 0.6) is 11.5 Å². The molecule has 0 spiro atoms. The summed E-state index contributed by atoms with van der Waals surface area (Å²) >= 11 is 1.99. The summed E-state index contributed by atoms with van der Waals surface area (Å²) in [6.45, 7) is 9.54. The van der Waals surface area contributed by atoms with E-state index in [1.807, 2.05) is 23.9 Å². The highest BCUT2D eigenvalue weighted by Crippen LogP contribution is 2.30. The molecule has 0 amide bonds. The van der Waals surface area contributed by atoms with E-state index in [-0.39, 0.29) is 11.3 Å². The van der Waals surface area contributed by atoms with E-state index in [4.69, 9.17) is 9.47 Å². The Hall–Kier alpha value is -1.60. The van der Waals surface area contributed by atoms with Crippen LogP contribution in [0.1, 0.15) is 32.4 Å². The minimum Gasteiger partial charge on any atom is -0.497 e. The summed E-state index contributed by atoms with van der Waals surface area (Å²) in [5.41, 5.74) is 0.732. The highest BCUT2D eigenvalue weighted by molar-refractivity contribution is 8.00. The first kappa shape index (κ1) is 20.7. The molecule has 0 aromatic heterocycles. The van der Waals surface area contributed by atoms with Crippen molar-refractivity contribution in [3.63, 3.8) is 0 Å². The van der Waals surface area contributed by atoms with Crippen molar-refractivity contribution in [1.82, 2.24) is 10.2 Å². The van der Waals surface area contributed by atoms with Crippen LogP contribution in [0.15, 0.2) is 23.2 Å². The van der Waals surface area contributed by atoms with Gasteiger partial charge in [0.15, 0.2) is 5.96 Å². The van der Waals surface area contributed by atoms with E-state index in [0.717, 1.165) is 36.9 Å². The molecule has 146 valence electrons. The van der Waals surface area contributed by atoms with Crippen molar-refractivity contribution >= 4 is 17.7 Å². The van der Waals surface area contributed by atoms with Gasteiger partial charge in [0.1, 0.15) is 11.5 Å². The number of aliphatic hydroxyl groups excluding tert-OH is 1. The quantitative estimate of drug-likeness (QED) is 0.583. The van der Waals surface area contributed by atoms with Crippen molar-refractivity contribution in [3.8, 4) is 11.5 Å². The van der Waals surface area contributed by atoms with E-state index in [1.54, 1.807) is 20.3 Å². The van der Waals surface area contributed by atoms with Gasteiger partial charge in [0, 0.05) is 36.2 Å². The number of thioether (sulfide) groups is 1. The second-order valence-corrected chi connectivity index (χ2v) is 8.69. The highest BCUT2D eigenvalue weighted by Gasteiger charge is 2.28. The number of hydrogen-bond donors (Lipinski definition) is 2. The van der Waals surface area contributed by atoms with Gasteiger partial charge in [-0.05, 0) is 38.5 Å². The van der Waals surface area contributed by atoms with E-state index in [9.17, 15) is 5.11 Å². The molecule has 1 aromatic rings. The van der Waals surface area contributed by atoms with Gasteiger partial charge in [-0.3, -0.25) is 4.99 Å². The van der Waals surface area contributed by atoms with Crippen molar-refractivity contribution in [2.45, 2.75) is 31.6 Å². The second-order valence-electron chi connectivity index (χ2n) is 6.89. The molecule has 2 rings (SSSR count). The van der Waals surface area contributed by atoms with Crippen LogP contribution in [0.3, 0.4) is 0 Å². The van der Waals surface area contributed by atoms with Gasteiger partial charge in [0.05, 0.1) is 26.9 Å².